The number of fused-ring (bicyclic) bond motifs is 1. The van der Waals surface area contributed by atoms with Gasteiger partial charge in [0, 0.05) is 18.6 Å². The van der Waals surface area contributed by atoms with Gasteiger partial charge in [-0.05, 0) is 36.2 Å². The van der Waals surface area contributed by atoms with E-state index in [1.165, 1.54) is 32.7 Å². The van der Waals surface area contributed by atoms with Crippen LogP contribution in [0, 0.1) is 5.92 Å². The van der Waals surface area contributed by atoms with Crippen molar-refractivity contribution in [2.24, 2.45) is 5.92 Å². The highest BCUT2D eigenvalue weighted by Gasteiger charge is 2.42. The van der Waals surface area contributed by atoms with Gasteiger partial charge < -0.3 is 29.2 Å². The maximum Gasteiger partial charge on any atom is 0.231 e. The third-order valence-electron chi connectivity index (χ3n) is 6.84. The molecular weight excluding hydrogens is 518 g/mol. The molecule has 1 aromatic heterocycles. The minimum atomic E-state index is -0.602. The molecule has 10 heteroatoms. The smallest absolute Gasteiger partial charge is 0.231 e. The third kappa shape index (κ3) is 5.07. The number of para-hydroxylation sites is 1. The summed E-state index contributed by atoms with van der Waals surface area (Å²) in [7, 11) is 6.16. The highest BCUT2D eigenvalue weighted by atomic mass is 32.1. The summed E-state index contributed by atoms with van der Waals surface area (Å²) in [4.78, 5) is 33.6. The van der Waals surface area contributed by atoms with E-state index < -0.39 is 12.0 Å². The van der Waals surface area contributed by atoms with Crippen molar-refractivity contribution in [2.75, 3.05) is 38.7 Å². The second-order valence-corrected chi connectivity index (χ2v) is 10.0. The minimum Gasteiger partial charge on any atom is -0.497 e. The Hall–Kier alpha value is -4.31. The normalized spacial score (nSPS) is 17.1. The molecule has 9 nitrogen and oxygen atoms in total. The molecule has 0 spiro atoms. The standard InChI is InChI=1S/C29H29N3O6S/c1-35-19-11-9-17(10-12-19)26-20(28(34)31-29-30-21-7-5-6-8-24(21)39-29)13-14-25(33)32(26)18-15-22(36-2)27(38-4)23(16-18)37-3/h5-12,15-16,20,26H,13-14H2,1-4H3,(H,30,31,34)/t20-,26-/m0/s1. The monoisotopic (exact) mass is 547 g/mol. The van der Waals surface area contributed by atoms with Crippen molar-refractivity contribution in [3.63, 3.8) is 0 Å². The number of benzene rings is 3. The molecule has 5 rings (SSSR count). The molecule has 2 heterocycles. The van der Waals surface area contributed by atoms with Gasteiger partial charge in [0.05, 0.1) is 56.3 Å². The van der Waals surface area contributed by atoms with Gasteiger partial charge in [0.1, 0.15) is 5.75 Å². The number of hydrogen-bond donors (Lipinski definition) is 1. The fraction of sp³-hybridized carbons (Fsp3) is 0.276. The summed E-state index contributed by atoms with van der Waals surface area (Å²) in [5, 5.41) is 3.53. The van der Waals surface area contributed by atoms with Crippen LogP contribution in [0.2, 0.25) is 0 Å². The number of nitrogens with zero attached hydrogens (tertiary/aromatic N) is 2. The molecule has 1 aliphatic rings. The first-order chi connectivity index (χ1) is 19.0. The summed E-state index contributed by atoms with van der Waals surface area (Å²) in [5.74, 6) is 1.04. The second kappa shape index (κ2) is 11.2. The van der Waals surface area contributed by atoms with E-state index in [0.29, 0.717) is 40.2 Å². The largest absolute Gasteiger partial charge is 0.497 e. The Kier molecular flexibility index (Phi) is 7.56. The van der Waals surface area contributed by atoms with Crippen molar-refractivity contribution < 1.29 is 28.5 Å². The maximum atomic E-state index is 13.8. The Balaban J connectivity index is 1.58. The van der Waals surface area contributed by atoms with Crippen LogP contribution in [-0.2, 0) is 9.59 Å². The molecule has 1 aliphatic heterocycles. The van der Waals surface area contributed by atoms with E-state index in [-0.39, 0.29) is 18.2 Å². The van der Waals surface area contributed by atoms with Crippen molar-refractivity contribution in [1.82, 2.24) is 4.98 Å². The predicted octanol–water partition coefficient (Wildman–Crippen LogP) is 5.45. The third-order valence-corrected chi connectivity index (χ3v) is 7.79. The Bertz CT molecular complexity index is 1440. The van der Waals surface area contributed by atoms with Gasteiger partial charge in [0.2, 0.25) is 17.6 Å². The summed E-state index contributed by atoms with van der Waals surface area (Å²) >= 11 is 1.42. The number of aromatic nitrogens is 1. The van der Waals surface area contributed by atoms with Crippen molar-refractivity contribution in [3.05, 3.63) is 66.2 Å². The summed E-state index contributed by atoms with van der Waals surface area (Å²) in [6.45, 7) is 0. The van der Waals surface area contributed by atoms with Crippen LogP contribution in [0.5, 0.6) is 23.0 Å². The van der Waals surface area contributed by atoms with Crippen LogP contribution in [0.3, 0.4) is 0 Å². The number of anilines is 2. The average Bonchev–Trinajstić information content (AvgIpc) is 3.38. The lowest BCUT2D eigenvalue weighted by atomic mass is 9.83. The van der Waals surface area contributed by atoms with Gasteiger partial charge in [-0.2, -0.15) is 0 Å². The first-order valence-corrected chi connectivity index (χ1v) is 13.2. The molecule has 2 amide bonds. The van der Waals surface area contributed by atoms with Crippen LogP contribution in [-0.4, -0.2) is 45.2 Å². The van der Waals surface area contributed by atoms with Gasteiger partial charge >= 0.3 is 0 Å². The number of rotatable bonds is 8. The van der Waals surface area contributed by atoms with Crippen LogP contribution < -0.4 is 29.2 Å². The lowest BCUT2D eigenvalue weighted by molar-refractivity contribution is -0.125. The van der Waals surface area contributed by atoms with Crippen LogP contribution in [0.1, 0.15) is 24.4 Å². The number of nitrogens with one attached hydrogen (secondary N) is 1. The summed E-state index contributed by atoms with van der Waals surface area (Å²) in [6, 6.07) is 18.0. The van der Waals surface area contributed by atoms with E-state index in [0.717, 1.165) is 15.8 Å². The number of carbonyl (C=O) groups excluding carboxylic acids is 2. The quantitative estimate of drug-likeness (QED) is 0.313. The highest BCUT2D eigenvalue weighted by Crippen LogP contribution is 2.46. The lowest BCUT2D eigenvalue weighted by Gasteiger charge is -2.41. The van der Waals surface area contributed by atoms with Gasteiger partial charge in [0.25, 0.3) is 0 Å². The first kappa shape index (κ1) is 26.3. The summed E-state index contributed by atoms with van der Waals surface area (Å²) < 4.78 is 22.9. The molecule has 0 radical (unpaired) electrons. The van der Waals surface area contributed by atoms with E-state index in [9.17, 15) is 9.59 Å². The fourth-order valence-corrected chi connectivity index (χ4v) is 5.85. The van der Waals surface area contributed by atoms with E-state index >= 15 is 0 Å². The van der Waals surface area contributed by atoms with Crippen LogP contribution in [0.25, 0.3) is 10.2 Å². The van der Waals surface area contributed by atoms with E-state index in [1.807, 2.05) is 48.5 Å². The molecule has 202 valence electrons. The van der Waals surface area contributed by atoms with Gasteiger partial charge in [-0.3, -0.25) is 9.59 Å². The van der Waals surface area contributed by atoms with Gasteiger partial charge in [-0.1, -0.05) is 35.6 Å². The van der Waals surface area contributed by atoms with Gasteiger partial charge in [-0.25, -0.2) is 4.98 Å². The Morgan fingerprint density at radius 3 is 2.26 bits per heavy atom. The Labute approximate surface area is 230 Å². The molecule has 1 N–H and O–H groups in total. The number of carbonyl (C=O) groups is 2. The molecular formula is C29H29N3O6S. The molecule has 0 aliphatic carbocycles. The Morgan fingerprint density at radius 1 is 0.949 bits per heavy atom. The van der Waals surface area contributed by atoms with E-state index in [1.54, 1.807) is 24.1 Å². The Morgan fingerprint density at radius 2 is 1.64 bits per heavy atom. The first-order valence-electron chi connectivity index (χ1n) is 12.4. The topological polar surface area (TPSA) is 99.2 Å². The van der Waals surface area contributed by atoms with Crippen LogP contribution >= 0.6 is 11.3 Å². The minimum absolute atomic E-state index is 0.117. The highest BCUT2D eigenvalue weighted by molar-refractivity contribution is 7.22. The summed E-state index contributed by atoms with van der Waals surface area (Å²) in [6.07, 6.45) is 0.578. The van der Waals surface area contributed by atoms with Crippen LogP contribution in [0.4, 0.5) is 10.8 Å². The number of hydrogen-bond acceptors (Lipinski definition) is 8. The zero-order valence-corrected chi connectivity index (χ0v) is 22.9. The fourth-order valence-electron chi connectivity index (χ4n) is 4.98. The lowest BCUT2D eigenvalue weighted by Crippen LogP contribution is -2.47. The number of piperidine rings is 1. The van der Waals surface area contributed by atoms with E-state index in [4.69, 9.17) is 18.9 Å². The molecule has 0 bridgehead atoms. The molecule has 3 aromatic carbocycles. The zero-order valence-electron chi connectivity index (χ0n) is 22.1. The van der Waals surface area contributed by atoms with Crippen molar-refractivity contribution >= 4 is 44.2 Å². The molecule has 0 unspecified atom stereocenters. The second-order valence-electron chi connectivity index (χ2n) is 8.99. The molecule has 1 fully saturated rings. The van der Waals surface area contributed by atoms with Gasteiger partial charge in [-0.15, -0.1) is 0 Å². The zero-order chi connectivity index (χ0) is 27.5. The van der Waals surface area contributed by atoms with Crippen molar-refractivity contribution in [2.45, 2.75) is 18.9 Å². The summed E-state index contributed by atoms with van der Waals surface area (Å²) in [5.41, 5.74) is 2.15. The molecule has 2 atom stereocenters. The SMILES string of the molecule is COc1ccc([C@H]2[C@@H](C(=O)Nc3nc4ccccc4s3)CCC(=O)N2c2cc(OC)c(OC)c(OC)c2)cc1. The predicted molar refractivity (Wildman–Crippen MR) is 150 cm³/mol. The number of ether oxygens (including phenoxy) is 4. The molecule has 1 saturated heterocycles. The van der Waals surface area contributed by atoms with Crippen molar-refractivity contribution in [3.8, 4) is 23.0 Å². The number of thiazole rings is 1. The number of methoxy groups -OCH3 is 4. The van der Waals surface area contributed by atoms with E-state index in [2.05, 4.69) is 10.3 Å². The van der Waals surface area contributed by atoms with Crippen LogP contribution in [0.15, 0.2) is 60.7 Å². The maximum absolute atomic E-state index is 13.8. The average molecular weight is 548 g/mol. The number of amides is 2. The molecule has 39 heavy (non-hydrogen) atoms. The van der Waals surface area contributed by atoms with Crippen molar-refractivity contribution in [1.29, 1.82) is 0 Å². The molecule has 0 saturated carbocycles. The van der Waals surface area contributed by atoms with Gasteiger partial charge in [0.15, 0.2) is 16.6 Å². The molecule has 4 aromatic rings.